The molecule has 0 saturated carbocycles. The molecule has 3 aromatic rings. The maximum absolute atomic E-state index is 12.7. The molecule has 0 aliphatic carbocycles. The minimum absolute atomic E-state index is 0.0901. The SMILES string of the molecule is Cc1ccccc1CNC(=O)[C@H]1CC(=O)N(c2ccc(OCC(=O)Nc3c(C)cccc3C)cc2)C1. The molecule has 3 amide bonds. The van der Waals surface area contributed by atoms with Gasteiger partial charge >= 0.3 is 0 Å². The molecular formula is C29H31N3O4. The third-order valence-electron chi connectivity index (χ3n) is 6.47. The van der Waals surface area contributed by atoms with Crippen LogP contribution in [0.15, 0.2) is 66.7 Å². The number of nitrogens with zero attached hydrogens (tertiary/aromatic N) is 1. The molecule has 1 aliphatic heterocycles. The van der Waals surface area contributed by atoms with E-state index in [-0.39, 0.29) is 30.7 Å². The van der Waals surface area contributed by atoms with E-state index in [0.29, 0.717) is 24.5 Å². The summed E-state index contributed by atoms with van der Waals surface area (Å²) in [6, 6.07) is 20.7. The van der Waals surface area contributed by atoms with Crippen LogP contribution in [0.25, 0.3) is 0 Å². The van der Waals surface area contributed by atoms with Gasteiger partial charge in [-0.3, -0.25) is 14.4 Å². The zero-order chi connectivity index (χ0) is 25.7. The highest BCUT2D eigenvalue weighted by atomic mass is 16.5. The van der Waals surface area contributed by atoms with Gasteiger partial charge in [0, 0.05) is 30.9 Å². The molecule has 4 rings (SSSR count). The predicted octanol–water partition coefficient (Wildman–Crippen LogP) is 4.30. The molecule has 1 fully saturated rings. The molecule has 0 spiro atoms. The van der Waals surface area contributed by atoms with Gasteiger partial charge in [0.15, 0.2) is 6.61 Å². The van der Waals surface area contributed by atoms with Crippen LogP contribution in [-0.2, 0) is 20.9 Å². The summed E-state index contributed by atoms with van der Waals surface area (Å²) >= 11 is 0. The predicted molar refractivity (Wildman–Crippen MR) is 140 cm³/mol. The molecule has 1 heterocycles. The third-order valence-corrected chi connectivity index (χ3v) is 6.47. The molecule has 0 aromatic heterocycles. The van der Waals surface area contributed by atoms with E-state index in [4.69, 9.17) is 4.74 Å². The van der Waals surface area contributed by atoms with Gasteiger partial charge in [0.25, 0.3) is 5.91 Å². The number of ether oxygens (including phenoxy) is 1. The van der Waals surface area contributed by atoms with E-state index in [1.165, 1.54) is 0 Å². The first kappa shape index (κ1) is 25.0. The maximum atomic E-state index is 12.7. The lowest BCUT2D eigenvalue weighted by molar-refractivity contribution is -0.126. The van der Waals surface area contributed by atoms with Gasteiger partial charge in [-0.05, 0) is 67.3 Å². The molecule has 3 aromatic carbocycles. The van der Waals surface area contributed by atoms with Crippen molar-refractivity contribution in [3.63, 3.8) is 0 Å². The molecule has 1 aliphatic rings. The fraction of sp³-hybridized carbons (Fsp3) is 0.276. The molecule has 186 valence electrons. The van der Waals surface area contributed by atoms with E-state index >= 15 is 0 Å². The number of aryl methyl sites for hydroxylation is 3. The number of carbonyl (C=O) groups excluding carboxylic acids is 3. The number of carbonyl (C=O) groups is 3. The summed E-state index contributed by atoms with van der Waals surface area (Å²) in [4.78, 5) is 39.3. The second-order valence-electron chi connectivity index (χ2n) is 9.15. The minimum atomic E-state index is -0.397. The largest absolute Gasteiger partial charge is 0.484 e. The number of anilines is 2. The lowest BCUT2D eigenvalue weighted by atomic mass is 10.1. The summed E-state index contributed by atoms with van der Waals surface area (Å²) in [5, 5.41) is 5.85. The van der Waals surface area contributed by atoms with E-state index < -0.39 is 5.92 Å². The zero-order valence-corrected chi connectivity index (χ0v) is 20.8. The van der Waals surface area contributed by atoms with Gasteiger partial charge in [-0.2, -0.15) is 0 Å². The normalized spacial score (nSPS) is 15.0. The van der Waals surface area contributed by atoms with Crippen LogP contribution < -0.4 is 20.3 Å². The number of hydrogen-bond acceptors (Lipinski definition) is 4. The molecule has 0 bridgehead atoms. The van der Waals surface area contributed by atoms with Crippen LogP contribution in [0.3, 0.4) is 0 Å². The Bertz CT molecular complexity index is 1250. The maximum Gasteiger partial charge on any atom is 0.262 e. The molecule has 1 atom stereocenters. The average Bonchev–Trinajstić information content (AvgIpc) is 3.26. The second kappa shape index (κ2) is 11.1. The summed E-state index contributed by atoms with van der Waals surface area (Å²) in [7, 11) is 0. The Balaban J connectivity index is 1.29. The Morgan fingerprint density at radius 1 is 0.917 bits per heavy atom. The quantitative estimate of drug-likeness (QED) is 0.498. The Hall–Kier alpha value is -4.13. The van der Waals surface area contributed by atoms with Crippen LogP contribution in [0, 0.1) is 26.7 Å². The smallest absolute Gasteiger partial charge is 0.262 e. The minimum Gasteiger partial charge on any atom is -0.484 e. The van der Waals surface area contributed by atoms with Crippen molar-refractivity contribution >= 4 is 29.1 Å². The van der Waals surface area contributed by atoms with Crippen LogP contribution in [-0.4, -0.2) is 30.9 Å². The molecule has 7 heteroatoms. The monoisotopic (exact) mass is 485 g/mol. The Labute approximate surface area is 211 Å². The highest BCUT2D eigenvalue weighted by Crippen LogP contribution is 2.27. The number of para-hydroxylation sites is 1. The van der Waals surface area contributed by atoms with Gasteiger partial charge in [-0.25, -0.2) is 0 Å². The molecule has 1 saturated heterocycles. The lowest BCUT2D eigenvalue weighted by Crippen LogP contribution is -2.32. The lowest BCUT2D eigenvalue weighted by Gasteiger charge is -2.17. The summed E-state index contributed by atoms with van der Waals surface area (Å²) in [5.74, 6) is -0.331. The fourth-order valence-corrected chi connectivity index (χ4v) is 4.33. The highest BCUT2D eigenvalue weighted by Gasteiger charge is 2.35. The summed E-state index contributed by atoms with van der Waals surface area (Å²) in [5.41, 5.74) is 5.65. The van der Waals surface area contributed by atoms with E-state index in [1.807, 2.05) is 63.2 Å². The fourth-order valence-electron chi connectivity index (χ4n) is 4.33. The van der Waals surface area contributed by atoms with Gasteiger partial charge < -0.3 is 20.3 Å². The van der Waals surface area contributed by atoms with Crippen molar-refractivity contribution in [3.05, 3.63) is 89.0 Å². The molecular weight excluding hydrogens is 454 g/mol. The first-order valence-corrected chi connectivity index (χ1v) is 12.0. The Kier molecular flexibility index (Phi) is 7.68. The van der Waals surface area contributed by atoms with Gasteiger partial charge in [-0.1, -0.05) is 42.5 Å². The summed E-state index contributed by atoms with van der Waals surface area (Å²) in [6.45, 7) is 6.54. The summed E-state index contributed by atoms with van der Waals surface area (Å²) in [6.07, 6.45) is 0.177. The van der Waals surface area contributed by atoms with Gasteiger partial charge in [0.2, 0.25) is 11.8 Å². The van der Waals surface area contributed by atoms with Crippen LogP contribution in [0.1, 0.15) is 28.7 Å². The van der Waals surface area contributed by atoms with Crippen molar-refractivity contribution in [2.24, 2.45) is 5.92 Å². The van der Waals surface area contributed by atoms with E-state index in [2.05, 4.69) is 10.6 Å². The van der Waals surface area contributed by atoms with Gasteiger partial charge in [0.1, 0.15) is 5.75 Å². The van der Waals surface area contributed by atoms with Crippen molar-refractivity contribution in [1.29, 1.82) is 0 Å². The molecule has 36 heavy (non-hydrogen) atoms. The zero-order valence-electron chi connectivity index (χ0n) is 20.8. The number of benzene rings is 3. The first-order chi connectivity index (χ1) is 17.3. The van der Waals surface area contributed by atoms with Crippen molar-refractivity contribution in [2.75, 3.05) is 23.4 Å². The topological polar surface area (TPSA) is 87.7 Å². The van der Waals surface area contributed by atoms with Gasteiger partial charge in [-0.15, -0.1) is 0 Å². The molecule has 2 N–H and O–H groups in total. The van der Waals surface area contributed by atoms with E-state index in [0.717, 1.165) is 27.9 Å². The van der Waals surface area contributed by atoms with E-state index in [1.54, 1.807) is 29.2 Å². The van der Waals surface area contributed by atoms with Crippen molar-refractivity contribution in [2.45, 2.75) is 33.7 Å². The summed E-state index contributed by atoms with van der Waals surface area (Å²) < 4.78 is 5.63. The van der Waals surface area contributed by atoms with Gasteiger partial charge in [0.05, 0.1) is 5.92 Å². The Morgan fingerprint density at radius 2 is 1.58 bits per heavy atom. The standard InChI is InChI=1S/C29H31N3O4/c1-19-7-4-5-10-22(19)16-30-29(35)23-15-27(34)32(17-23)24-11-13-25(14-12-24)36-18-26(33)31-28-20(2)8-6-9-21(28)3/h4-14,23H,15-18H2,1-3H3,(H,30,35)(H,31,33)/t23-/m0/s1. The number of nitrogens with one attached hydrogen (secondary N) is 2. The van der Waals surface area contributed by atoms with Crippen molar-refractivity contribution < 1.29 is 19.1 Å². The molecule has 7 nitrogen and oxygen atoms in total. The van der Waals surface area contributed by atoms with Crippen LogP contribution >= 0.6 is 0 Å². The highest BCUT2D eigenvalue weighted by molar-refractivity contribution is 6.00. The van der Waals surface area contributed by atoms with Crippen LogP contribution in [0.5, 0.6) is 5.75 Å². The molecule has 0 unspecified atom stereocenters. The first-order valence-electron chi connectivity index (χ1n) is 12.0. The van der Waals surface area contributed by atoms with Crippen LogP contribution in [0.2, 0.25) is 0 Å². The van der Waals surface area contributed by atoms with Crippen molar-refractivity contribution in [3.8, 4) is 5.75 Å². The third kappa shape index (κ3) is 5.92. The van der Waals surface area contributed by atoms with E-state index in [9.17, 15) is 14.4 Å². The van der Waals surface area contributed by atoms with Crippen LogP contribution in [0.4, 0.5) is 11.4 Å². The number of hydrogen-bond donors (Lipinski definition) is 2. The van der Waals surface area contributed by atoms with Crippen molar-refractivity contribution in [1.82, 2.24) is 5.32 Å². The number of amides is 3. The Morgan fingerprint density at radius 3 is 2.28 bits per heavy atom. The number of rotatable bonds is 8. The second-order valence-corrected chi connectivity index (χ2v) is 9.15. The average molecular weight is 486 g/mol. The molecule has 0 radical (unpaired) electrons.